The summed E-state index contributed by atoms with van der Waals surface area (Å²) in [6.07, 6.45) is 2.83. The maximum atomic E-state index is 11.8. The average molecular weight is 281 g/mol. The molecule has 0 aliphatic heterocycles. The van der Waals surface area contributed by atoms with E-state index in [0.29, 0.717) is 19.4 Å². The monoisotopic (exact) mass is 281 g/mol. The maximum Gasteiger partial charge on any atom is 0.303 e. The Balaban J connectivity index is 2.25. The Bertz CT molecular complexity index is 480. The van der Waals surface area contributed by atoms with Gasteiger partial charge in [0.15, 0.2) is 0 Å². The summed E-state index contributed by atoms with van der Waals surface area (Å²) in [5.74, 6) is -0.779. The van der Waals surface area contributed by atoms with E-state index in [1.54, 1.807) is 4.68 Å². The molecule has 1 rings (SSSR count). The minimum Gasteiger partial charge on any atom is -0.481 e. The largest absolute Gasteiger partial charge is 0.481 e. The van der Waals surface area contributed by atoms with E-state index in [2.05, 4.69) is 10.4 Å². The molecule has 0 saturated heterocycles. The molecule has 6 heteroatoms. The van der Waals surface area contributed by atoms with Crippen molar-refractivity contribution in [1.29, 1.82) is 0 Å². The van der Waals surface area contributed by atoms with Gasteiger partial charge in [0.2, 0.25) is 5.91 Å². The van der Waals surface area contributed by atoms with Crippen molar-refractivity contribution in [3.63, 3.8) is 0 Å². The zero-order valence-electron chi connectivity index (χ0n) is 12.4. The van der Waals surface area contributed by atoms with E-state index >= 15 is 0 Å². The second-order valence-electron chi connectivity index (χ2n) is 5.00. The fourth-order valence-electron chi connectivity index (χ4n) is 2.10. The first-order chi connectivity index (χ1) is 9.41. The molecule has 1 amide bonds. The predicted molar refractivity (Wildman–Crippen MR) is 75.5 cm³/mol. The Kier molecular flexibility index (Phi) is 6.21. The molecule has 1 heterocycles. The molecule has 0 aliphatic rings. The number of aromatic nitrogens is 2. The van der Waals surface area contributed by atoms with Crippen LogP contribution in [-0.4, -0.2) is 33.3 Å². The summed E-state index contributed by atoms with van der Waals surface area (Å²) in [5, 5.41) is 15.6. The highest BCUT2D eigenvalue weighted by atomic mass is 16.4. The van der Waals surface area contributed by atoms with Crippen molar-refractivity contribution in [2.45, 2.75) is 46.0 Å². The quantitative estimate of drug-likeness (QED) is 0.704. The molecule has 0 unspecified atom stereocenters. The van der Waals surface area contributed by atoms with E-state index in [1.807, 2.05) is 20.9 Å². The fraction of sp³-hybridized carbons (Fsp3) is 0.643. The summed E-state index contributed by atoms with van der Waals surface area (Å²) in [6.45, 7) is 4.45. The molecule has 0 spiro atoms. The van der Waals surface area contributed by atoms with E-state index in [0.717, 1.165) is 29.8 Å². The SMILES string of the molecule is Cc1nn(C)c(C)c1CC(=O)NCCCCCC(=O)O. The van der Waals surface area contributed by atoms with Gasteiger partial charge in [-0.05, 0) is 26.7 Å². The number of aliphatic carboxylic acids is 1. The molecule has 6 nitrogen and oxygen atoms in total. The van der Waals surface area contributed by atoms with Gasteiger partial charge in [0.1, 0.15) is 0 Å². The van der Waals surface area contributed by atoms with E-state index in [-0.39, 0.29) is 12.3 Å². The van der Waals surface area contributed by atoms with Crippen molar-refractivity contribution in [3.8, 4) is 0 Å². The normalized spacial score (nSPS) is 10.6. The number of hydrogen-bond donors (Lipinski definition) is 2. The smallest absolute Gasteiger partial charge is 0.303 e. The van der Waals surface area contributed by atoms with Crippen LogP contribution in [0.1, 0.15) is 42.6 Å². The van der Waals surface area contributed by atoms with Gasteiger partial charge in [-0.25, -0.2) is 0 Å². The molecule has 2 N–H and O–H groups in total. The number of carboxylic acids is 1. The zero-order valence-corrected chi connectivity index (χ0v) is 12.4. The third kappa shape index (κ3) is 5.03. The highest BCUT2D eigenvalue weighted by Gasteiger charge is 2.12. The molecule has 0 atom stereocenters. The molecular formula is C14H23N3O3. The Hall–Kier alpha value is -1.85. The third-order valence-electron chi connectivity index (χ3n) is 3.39. The number of carbonyl (C=O) groups is 2. The van der Waals surface area contributed by atoms with Gasteiger partial charge < -0.3 is 10.4 Å². The van der Waals surface area contributed by atoms with Crippen LogP contribution in [0.4, 0.5) is 0 Å². The summed E-state index contributed by atoms with van der Waals surface area (Å²) in [7, 11) is 1.87. The van der Waals surface area contributed by atoms with Gasteiger partial charge in [0, 0.05) is 31.3 Å². The van der Waals surface area contributed by atoms with E-state index in [1.165, 1.54) is 0 Å². The van der Waals surface area contributed by atoms with Gasteiger partial charge in [0.25, 0.3) is 0 Å². The van der Waals surface area contributed by atoms with Crippen LogP contribution in [0.15, 0.2) is 0 Å². The van der Waals surface area contributed by atoms with Crippen molar-refractivity contribution < 1.29 is 14.7 Å². The molecule has 1 aromatic heterocycles. The summed E-state index contributed by atoms with van der Waals surface area (Å²) in [6, 6.07) is 0. The highest BCUT2D eigenvalue weighted by molar-refractivity contribution is 5.79. The van der Waals surface area contributed by atoms with Gasteiger partial charge in [-0.15, -0.1) is 0 Å². The van der Waals surface area contributed by atoms with Crippen LogP contribution in [0.2, 0.25) is 0 Å². The lowest BCUT2D eigenvalue weighted by Gasteiger charge is -2.05. The first kappa shape index (κ1) is 16.2. The summed E-state index contributed by atoms with van der Waals surface area (Å²) in [5.41, 5.74) is 2.89. The predicted octanol–water partition coefficient (Wildman–Crippen LogP) is 1.34. The molecule has 112 valence electrons. The van der Waals surface area contributed by atoms with E-state index in [9.17, 15) is 9.59 Å². The highest BCUT2D eigenvalue weighted by Crippen LogP contribution is 2.12. The molecular weight excluding hydrogens is 258 g/mol. The molecule has 0 aliphatic carbocycles. The lowest BCUT2D eigenvalue weighted by molar-refractivity contribution is -0.137. The molecule has 0 saturated carbocycles. The third-order valence-corrected chi connectivity index (χ3v) is 3.39. The van der Waals surface area contributed by atoms with Crippen LogP contribution in [0.25, 0.3) is 0 Å². The number of hydrogen-bond acceptors (Lipinski definition) is 3. The van der Waals surface area contributed by atoms with E-state index < -0.39 is 5.97 Å². The first-order valence-corrected chi connectivity index (χ1v) is 6.89. The van der Waals surface area contributed by atoms with Crippen LogP contribution in [0.3, 0.4) is 0 Å². The number of carboxylic acid groups (broad SMARTS) is 1. The number of carbonyl (C=O) groups excluding carboxylic acids is 1. The first-order valence-electron chi connectivity index (χ1n) is 6.89. The van der Waals surface area contributed by atoms with Crippen LogP contribution in [0, 0.1) is 13.8 Å². The van der Waals surface area contributed by atoms with Crippen LogP contribution < -0.4 is 5.32 Å². The van der Waals surface area contributed by atoms with Gasteiger partial charge >= 0.3 is 5.97 Å². The minimum absolute atomic E-state index is 0.0116. The van der Waals surface area contributed by atoms with Crippen molar-refractivity contribution in [2.24, 2.45) is 7.05 Å². The van der Waals surface area contributed by atoms with Crippen molar-refractivity contribution >= 4 is 11.9 Å². The molecule has 20 heavy (non-hydrogen) atoms. The Morgan fingerprint density at radius 1 is 1.25 bits per heavy atom. The van der Waals surface area contributed by atoms with Gasteiger partial charge in [0.05, 0.1) is 12.1 Å². The van der Waals surface area contributed by atoms with Crippen LogP contribution in [-0.2, 0) is 23.1 Å². The topological polar surface area (TPSA) is 84.2 Å². The lowest BCUT2D eigenvalue weighted by atomic mass is 10.1. The number of amides is 1. The molecule has 0 fully saturated rings. The fourth-order valence-corrected chi connectivity index (χ4v) is 2.10. The number of unbranched alkanes of at least 4 members (excludes halogenated alkanes) is 2. The number of nitrogens with zero attached hydrogens (tertiary/aromatic N) is 2. The standard InChI is InChI=1S/C14H23N3O3/c1-10-12(11(2)17(3)16-10)9-13(18)15-8-6-4-5-7-14(19)20/h4-9H2,1-3H3,(H,15,18)(H,19,20). The van der Waals surface area contributed by atoms with Crippen molar-refractivity contribution in [2.75, 3.05) is 6.54 Å². The molecule has 0 bridgehead atoms. The number of rotatable bonds is 8. The van der Waals surface area contributed by atoms with Crippen molar-refractivity contribution in [1.82, 2.24) is 15.1 Å². The molecule has 1 aromatic rings. The average Bonchev–Trinajstić information content (AvgIpc) is 2.60. The van der Waals surface area contributed by atoms with E-state index in [4.69, 9.17) is 5.11 Å². The number of nitrogens with one attached hydrogen (secondary N) is 1. The Morgan fingerprint density at radius 3 is 2.50 bits per heavy atom. The second-order valence-corrected chi connectivity index (χ2v) is 5.00. The van der Waals surface area contributed by atoms with Gasteiger partial charge in [-0.3, -0.25) is 14.3 Å². The van der Waals surface area contributed by atoms with Gasteiger partial charge in [-0.2, -0.15) is 5.10 Å². The van der Waals surface area contributed by atoms with Gasteiger partial charge in [-0.1, -0.05) is 6.42 Å². The Labute approximate surface area is 119 Å². The zero-order chi connectivity index (χ0) is 15.1. The van der Waals surface area contributed by atoms with Crippen LogP contribution in [0.5, 0.6) is 0 Å². The minimum atomic E-state index is -0.767. The second kappa shape index (κ2) is 7.67. The summed E-state index contributed by atoms with van der Waals surface area (Å²) >= 11 is 0. The summed E-state index contributed by atoms with van der Waals surface area (Å²) < 4.78 is 1.78. The number of aryl methyl sites for hydroxylation is 2. The Morgan fingerprint density at radius 2 is 1.95 bits per heavy atom. The van der Waals surface area contributed by atoms with Crippen molar-refractivity contribution in [3.05, 3.63) is 17.0 Å². The maximum absolute atomic E-state index is 11.8. The molecule has 0 aromatic carbocycles. The summed E-state index contributed by atoms with van der Waals surface area (Å²) in [4.78, 5) is 22.2. The lowest BCUT2D eigenvalue weighted by Crippen LogP contribution is -2.26. The van der Waals surface area contributed by atoms with Crippen LogP contribution >= 0.6 is 0 Å². The molecule has 0 radical (unpaired) electrons.